The third-order valence-electron chi connectivity index (χ3n) is 6.91. The van der Waals surface area contributed by atoms with E-state index >= 15 is 0 Å². The van der Waals surface area contributed by atoms with Crippen molar-refractivity contribution >= 4 is 8.80 Å². The Bertz CT molecular complexity index is 529. The van der Waals surface area contributed by atoms with Crippen LogP contribution in [0.5, 0.6) is 0 Å². The molecule has 1 aromatic carbocycles. The highest BCUT2D eigenvalue weighted by molar-refractivity contribution is 6.59. The van der Waals surface area contributed by atoms with Crippen LogP contribution in [-0.4, -0.2) is 8.80 Å². The Morgan fingerprint density at radius 2 is 1.52 bits per heavy atom. The second kappa shape index (κ2) is 9.30. The monoisotopic (exact) mass is 364 g/mol. The van der Waals surface area contributed by atoms with Crippen LogP contribution in [0.15, 0.2) is 18.2 Å². The molecule has 3 heteroatoms. The third kappa shape index (κ3) is 5.38. The molecular formula is C22H34F2Si. The molecule has 1 aromatic rings. The lowest BCUT2D eigenvalue weighted by Gasteiger charge is -2.31. The molecule has 2 aliphatic rings. The van der Waals surface area contributed by atoms with Crippen molar-refractivity contribution in [3.8, 4) is 0 Å². The van der Waals surface area contributed by atoms with Gasteiger partial charge in [0.2, 0.25) is 0 Å². The molecule has 0 amide bonds. The molecule has 140 valence electrons. The van der Waals surface area contributed by atoms with Gasteiger partial charge in [0.1, 0.15) is 0 Å². The van der Waals surface area contributed by atoms with Crippen LogP contribution in [0, 0.1) is 23.5 Å². The van der Waals surface area contributed by atoms with Gasteiger partial charge in [-0.2, -0.15) is 0 Å². The van der Waals surface area contributed by atoms with E-state index in [-0.39, 0.29) is 0 Å². The average molecular weight is 365 g/mol. The zero-order valence-corrected chi connectivity index (χ0v) is 16.9. The van der Waals surface area contributed by atoms with Crippen LogP contribution in [0.3, 0.4) is 0 Å². The molecule has 0 bridgehead atoms. The topological polar surface area (TPSA) is 0 Å². The minimum Gasteiger partial charge on any atom is -0.204 e. The molecule has 0 spiro atoms. The standard InChI is InChI=1S/C22H34F2Si/c1-2-3-17-4-6-18(7-5-17)10-13-25-14-11-19(12-15-25)20-8-9-21(23)22(24)16-20/h8-9,16-19,25H,2-7,10-15H2,1H3. The minimum absolute atomic E-state index is 0.461. The number of rotatable bonds is 6. The van der Waals surface area contributed by atoms with Crippen LogP contribution < -0.4 is 0 Å². The molecule has 0 aromatic heterocycles. The van der Waals surface area contributed by atoms with E-state index in [0.717, 1.165) is 17.4 Å². The number of hydrogen-bond donors (Lipinski definition) is 0. The van der Waals surface area contributed by atoms with Crippen molar-refractivity contribution in [2.75, 3.05) is 0 Å². The quantitative estimate of drug-likeness (QED) is 0.474. The van der Waals surface area contributed by atoms with Crippen LogP contribution in [0.4, 0.5) is 8.78 Å². The normalized spacial score (nSPS) is 30.4. The Balaban J connectivity index is 1.37. The molecule has 0 radical (unpaired) electrons. The molecule has 0 N–H and O–H groups in total. The van der Waals surface area contributed by atoms with Gasteiger partial charge in [0.05, 0.1) is 0 Å². The summed E-state index contributed by atoms with van der Waals surface area (Å²) < 4.78 is 26.6. The highest BCUT2D eigenvalue weighted by atomic mass is 28.3. The first-order valence-corrected chi connectivity index (χ1v) is 13.1. The first kappa shape index (κ1) is 19.1. The van der Waals surface area contributed by atoms with Crippen LogP contribution in [0.25, 0.3) is 0 Å². The van der Waals surface area contributed by atoms with Gasteiger partial charge in [0.25, 0.3) is 0 Å². The maximum absolute atomic E-state index is 13.4. The van der Waals surface area contributed by atoms with Crippen molar-refractivity contribution in [2.24, 2.45) is 11.8 Å². The fourth-order valence-corrected chi connectivity index (χ4v) is 8.80. The highest BCUT2D eigenvalue weighted by Crippen LogP contribution is 2.38. The van der Waals surface area contributed by atoms with Crippen LogP contribution in [0.1, 0.15) is 76.2 Å². The molecule has 0 nitrogen and oxygen atoms in total. The SMILES string of the molecule is CCCC1CCC(CC[SiH]2CCC(c3ccc(F)c(F)c3)CC2)CC1. The summed E-state index contributed by atoms with van der Waals surface area (Å²) in [7, 11) is -0.578. The molecule has 0 unspecified atom stereocenters. The van der Waals surface area contributed by atoms with Gasteiger partial charge in [-0.15, -0.1) is 0 Å². The van der Waals surface area contributed by atoms with Crippen LogP contribution in [-0.2, 0) is 0 Å². The molecular weight excluding hydrogens is 330 g/mol. The maximum Gasteiger partial charge on any atom is 0.159 e. The summed E-state index contributed by atoms with van der Waals surface area (Å²) in [6.45, 7) is 2.31. The smallest absolute Gasteiger partial charge is 0.159 e. The van der Waals surface area contributed by atoms with E-state index < -0.39 is 20.4 Å². The molecule has 25 heavy (non-hydrogen) atoms. The summed E-state index contributed by atoms with van der Waals surface area (Å²) in [6.07, 6.45) is 12.6. The number of hydrogen-bond acceptors (Lipinski definition) is 0. The molecule has 0 atom stereocenters. The predicted molar refractivity (Wildman–Crippen MR) is 105 cm³/mol. The van der Waals surface area contributed by atoms with Gasteiger partial charge in [0, 0.05) is 8.80 Å². The number of halogens is 2. The Hall–Kier alpha value is -0.703. The largest absolute Gasteiger partial charge is 0.204 e. The second-order valence-electron chi connectivity index (χ2n) is 8.64. The zero-order valence-electron chi connectivity index (χ0n) is 15.8. The van der Waals surface area contributed by atoms with Crippen molar-refractivity contribution in [2.45, 2.75) is 88.8 Å². The summed E-state index contributed by atoms with van der Waals surface area (Å²) in [5.41, 5.74) is 1.01. The summed E-state index contributed by atoms with van der Waals surface area (Å²) in [5.74, 6) is 1.08. The van der Waals surface area contributed by atoms with E-state index in [2.05, 4.69) is 6.92 Å². The minimum atomic E-state index is -0.722. The van der Waals surface area contributed by atoms with Crippen molar-refractivity contribution in [1.29, 1.82) is 0 Å². The van der Waals surface area contributed by atoms with Crippen LogP contribution in [0.2, 0.25) is 18.1 Å². The number of benzene rings is 1. The molecule has 1 saturated carbocycles. The summed E-state index contributed by atoms with van der Waals surface area (Å²) in [6, 6.07) is 8.83. The van der Waals surface area contributed by atoms with Gasteiger partial charge in [-0.1, -0.05) is 76.1 Å². The van der Waals surface area contributed by atoms with Crippen molar-refractivity contribution in [3.05, 3.63) is 35.4 Å². The highest BCUT2D eigenvalue weighted by Gasteiger charge is 2.26. The first-order valence-electron chi connectivity index (χ1n) is 10.6. The third-order valence-corrected chi connectivity index (χ3v) is 10.4. The average Bonchev–Trinajstić information content (AvgIpc) is 2.64. The predicted octanol–water partition coefficient (Wildman–Crippen LogP) is 7.07. The Morgan fingerprint density at radius 1 is 0.880 bits per heavy atom. The van der Waals surface area contributed by atoms with Gasteiger partial charge in [0.15, 0.2) is 11.6 Å². The van der Waals surface area contributed by atoms with Gasteiger partial charge in [-0.3, -0.25) is 0 Å². The zero-order chi connectivity index (χ0) is 17.6. The van der Waals surface area contributed by atoms with Crippen molar-refractivity contribution < 1.29 is 8.78 Å². The summed E-state index contributed by atoms with van der Waals surface area (Å²) in [5, 5.41) is 0. The second-order valence-corrected chi connectivity index (χ2v) is 12.1. The van der Waals surface area contributed by atoms with Crippen molar-refractivity contribution in [3.63, 3.8) is 0 Å². The van der Waals surface area contributed by atoms with E-state index in [1.807, 2.05) is 0 Å². The molecule has 3 rings (SSSR count). The molecule has 1 heterocycles. The lowest BCUT2D eigenvalue weighted by molar-refractivity contribution is 0.257. The van der Waals surface area contributed by atoms with Crippen LogP contribution >= 0.6 is 0 Å². The Labute approximate surface area is 154 Å². The lowest BCUT2D eigenvalue weighted by atomic mass is 9.79. The first-order chi connectivity index (χ1) is 12.2. The van der Waals surface area contributed by atoms with E-state index in [1.54, 1.807) is 6.07 Å². The molecule has 1 saturated heterocycles. The molecule has 1 aliphatic heterocycles. The Morgan fingerprint density at radius 3 is 2.12 bits per heavy atom. The van der Waals surface area contributed by atoms with Gasteiger partial charge >= 0.3 is 0 Å². The molecule has 1 aliphatic carbocycles. The Kier molecular flexibility index (Phi) is 7.09. The summed E-state index contributed by atoms with van der Waals surface area (Å²) >= 11 is 0. The fraction of sp³-hybridized carbons (Fsp3) is 0.727. The fourth-order valence-electron chi connectivity index (χ4n) is 5.24. The van der Waals surface area contributed by atoms with E-state index in [0.29, 0.717) is 5.92 Å². The van der Waals surface area contributed by atoms with Gasteiger partial charge < -0.3 is 0 Å². The van der Waals surface area contributed by atoms with Gasteiger partial charge in [-0.25, -0.2) is 8.78 Å². The molecule has 2 fully saturated rings. The van der Waals surface area contributed by atoms with Crippen molar-refractivity contribution in [1.82, 2.24) is 0 Å². The van der Waals surface area contributed by atoms with E-state index in [9.17, 15) is 8.78 Å². The maximum atomic E-state index is 13.4. The van der Waals surface area contributed by atoms with E-state index in [1.165, 1.54) is 88.1 Å². The van der Waals surface area contributed by atoms with Gasteiger partial charge in [-0.05, 0) is 48.3 Å². The summed E-state index contributed by atoms with van der Waals surface area (Å²) in [4.78, 5) is 0. The lowest BCUT2D eigenvalue weighted by Crippen LogP contribution is -2.22. The van der Waals surface area contributed by atoms with E-state index in [4.69, 9.17) is 0 Å².